The van der Waals surface area contributed by atoms with Gasteiger partial charge < -0.3 is 38.7 Å². The van der Waals surface area contributed by atoms with Crippen LogP contribution in [0, 0.1) is 33.5 Å². The Morgan fingerprint density at radius 3 is 2.32 bits per heavy atom. The number of aliphatic hydroxyl groups is 3. The number of carbonyl (C=O) groups is 3. The van der Waals surface area contributed by atoms with E-state index in [2.05, 4.69) is 0 Å². The number of hydrogen-bond donors (Lipinski definition) is 3. The smallest absolute Gasteiger partial charge is 0.303 e. The van der Waals surface area contributed by atoms with Crippen molar-refractivity contribution < 1.29 is 53.1 Å². The first-order valence-electron chi connectivity index (χ1n) is 14.5. The molecule has 0 radical (unpaired) electrons. The van der Waals surface area contributed by atoms with E-state index in [4.69, 9.17) is 23.4 Å². The fraction of sp³-hybridized carbons (Fsp3) is 0.767. The Labute approximate surface area is 237 Å². The van der Waals surface area contributed by atoms with Crippen molar-refractivity contribution in [1.82, 2.24) is 0 Å². The van der Waals surface area contributed by atoms with E-state index in [1.54, 1.807) is 19.5 Å². The number of aliphatic hydroxyl groups excluding tert-OH is 3. The molecular weight excluding hydrogens is 536 g/mol. The monoisotopic (exact) mass is 574 g/mol. The molecule has 224 valence electrons. The maximum absolute atomic E-state index is 15.0. The number of ketones is 1. The predicted molar refractivity (Wildman–Crippen MR) is 137 cm³/mol. The van der Waals surface area contributed by atoms with Crippen molar-refractivity contribution in [2.24, 2.45) is 33.5 Å². The Morgan fingerprint density at radius 2 is 1.68 bits per heavy atom. The summed E-state index contributed by atoms with van der Waals surface area (Å²) in [7, 11) is 0. The predicted octanol–water partition coefficient (Wildman–Crippen LogP) is 1.47. The van der Waals surface area contributed by atoms with Crippen molar-refractivity contribution in [3.8, 4) is 0 Å². The summed E-state index contributed by atoms with van der Waals surface area (Å²) in [5, 5.41) is 35.4. The number of epoxide rings is 1. The van der Waals surface area contributed by atoms with Crippen molar-refractivity contribution in [2.45, 2.75) is 102 Å². The molecule has 2 saturated heterocycles. The lowest BCUT2D eigenvalue weighted by Gasteiger charge is -2.73. The molecule has 2 aliphatic heterocycles. The van der Waals surface area contributed by atoms with E-state index >= 15 is 4.79 Å². The van der Waals surface area contributed by atoms with E-state index in [1.165, 1.54) is 13.8 Å². The minimum atomic E-state index is -1.36. The van der Waals surface area contributed by atoms with Crippen LogP contribution in [-0.4, -0.2) is 82.1 Å². The zero-order chi connectivity index (χ0) is 29.5. The molecule has 7 rings (SSSR count). The van der Waals surface area contributed by atoms with Crippen LogP contribution in [0.1, 0.15) is 65.4 Å². The van der Waals surface area contributed by atoms with Crippen LogP contribution >= 0.6 is 0 Å². The molecule has 6 unspecified atom stereocenters. The van der Waals surface area contributed by atoms with Crippen LogP contribution in [0.15, 0.2) is 23.0 Å². The third kappa shape index (κ3) is 2.85. The van der Waals surface area contributed by atoms with Gasteiger partial charge in [0, 0.05) is 42.9 Å². The summed E-state index contributed by atoms with van der Waals surface area (Å²) < 4.78 is 29.5. The van der Waals surface area contributed by atoms with E-state index in [0.717, 1.165) is 5.56 Å². The number of rotatable bonds is 3. The number of furan rings is 1. The number of carbonyl (C=O) groups excluding carboxylic acids is 3. The first-order valence-corrected chi connectivity index (χ1v) is 14.5. The van der Waals surface area contributed by atoms with Crippen molar-refractivity contribution in [3.63, 3.8) is 0 Å². The normalized spacial score (nSPS) is 54.7. The SMILES string of the molecule is CC(=O)OC1CC(O)[C@@]23COC(O)[C@]1(C)[C@H]2CC(O)[C@]1(C)[C@@H]3C(=O)C(OC(C)=O)[C@@]2(C)C(c3ccoc3)C[C@@H]3O[C@]321. The summed E-state index contributed by atoms with van der Waals surface area (Å²) >= 11 is 0. The van der Waals surface area contributed by atoms with E-state index in [0.29, 0.717) is 6.42 Å². The largest absolute Gasteiger partial charge is 0.472 e. The lowest BCUT2D eigenvalue weighted by atomic mass is 9.33. The maximum Gasteiger partial charge on any atom is 0.303 e. The van der Waals surface area contributed by atoms with E-state index in [9.17, 15) is 24.9 Å². The number of Topliss-reactive ketones (excluding diaryl/α,β-unsaturated/α-hetero) is 1. The van der Waals surface area contributed by atoms with Crippen LogP contribution in [0.5, 0.6) is 0 Å². The molecule has 0 aromatic carbocycles. The van der Waals surface area contributed by atoms with Gasteiger partial charge in [-0.15, -0.1) is 0 Å². The van der Waals surface area contributed by atoms with Crippen molar-refractivity contribution in [3.05, 3.63) is 24.2 Å². The second kappa shape index (κ2) is 8.19. The van der Waals surface area contributed by atoms with E-state index < -0.39 is 87.5 Å². The number of ether oxygens (including phenoxy) is 4. The molecule has 6 aliphatic rings. The van der Waals surface area contributed by atoms with E-state index in [-0.39, 0.29) is 31.5 Å². The molecule has 1 aromatic heterocycles. The molecule has 4 aliphatic carbocycles. The van der Waals surface area contributed by atoms with Gasteiger partial charge in [0.15, 0.2) is 18.2 Å². The highest BCUT2D eigenvalue weighted by Gasteiger charge is 2.92. The molecule has 4 saturated carbocycles. The fourth-order valence-electron chi connectivity index (χ4n) is 11.0. The summed E-state index contributed by atoms with van der Waals surface area (Å²) in [6.07, 6.45) is -2.27. The number of fused-ring (bicyclic) bond motifs is 1. The van der Waals surface area contributed by atoms with Crippen LogP contribution < -0.4 is 0 Å². The maximum atomic E-state index is 15.0. The van der Waals surface area contributed by atoms with Crippen LogP contribution in [0.2, 0.25) is 0 Å². The lowest BCUT2D eigenvalue weighted by Crippen LogP contribution is -2.82. The Balaban J connectivity index is 1.44. The third-order valence-electron chi connectivity index (χ3n) is 12.6. The molecule has 11 heteroatoms. The third-order valence-corrected chi connectivity index (χ3v) is 12.6. The molecule has 41 heavy (non-hydrogen) atoms. The molecule has 3 heterocycles. The fourth-order valence-corrected chi connectivity index (χ4v) is 11.0. The molecule has 3 N–H and O–H groups in total. The molecule has 11 nitrogen and oxygen atoms in total. The summed E-state index contributed by atoms with van der Waals surface area (Å²) in [6, 6.07) is 1.84. The van der Waals surface area contributed by atoms with Crippen molar-refractivity contribution >= 4 is 17.7 Å². The van der Waals surface area contributed by atoms with Gasteiger partial charge in [-0.05, 0) is 30.4 Å². The van der Waals surface area contributed by atoms with Crippen LogP contribution in [-0.2, 0) is 33.3 Å². The quantitative estimate of drug-likeness (QED) is 0.354. The molecule has 1 spiro atoms. The molecular formula is C30H38O11. The standard InChI is InChI=1S/C30H38O11/c1-13(31)39-20-10-19(34)29-12-38-25(36)26(20,3)17(29)9-18(33)28(5)23(29)22(35)24(40-14(2)32)27(4)16(15-6-7-37-11-15)8-21-30(27,28)41-21/h6-7,11,16-21,23-25,33-34,36H,8-10,12H2,1-5H3/t16?,17-,18?,19?,20?,21+,23+,24?,25?,26-,27-,28-,29-,30-/m1/s1. The second-order valence-electron chi connectivity index (χ2n) is 13.9. The second-order valence-corrected chi connectivity index (χ2v) is 13.9. The van der Waals surface area contributed by atoms with Gasteiger partial charge in [-0.3, -0.25) is 14.4 Å². The Kier molecular flexibility index (Phi) is 5.50. The first kappa shape index (κ1) is 27.5. The van der Waals surface area contributed by atoms with Crippen LogP contribution in [0.25, 0.3) is 0 Å². The Bertz CT molecular complexity index is 1310. The van der Waals surface area contributed by atoms with Gasteiger partial charge in [0.05, 0.1) is 48.3 Å². The molecule has 1 aromatic rings. The zero-order valence-corrected chi connectivity index (χ0v) is 23.9. The summed E-state index contributed by atoms with van der Waals surface area (Å²) in [6.45, 7) is 7.85. The van der Waals surface area contributed by atoms with Gasteiger partial charge >= 0.3 is 11.9 Å². The van der Waals surface area contributed by atoms with E-state index in [1.807, 2.05) is 19.9 Å². The first-order chi connectivity index (χ1) is 19.2. The van der Waals surface area contributed by atoms with Crippen molar-refractivity contribution in [1.29, 1.82) is 0 Å². The van der Waals surface area contributed by atoms with Gasteiger partial charge in [0.2, 0.25) is 0 Å². The minimum Gasteiger partial charge on any atom is -0.472 e. The molecule has 0 amide bonds. The summed E-state index contributed by atoms with van der Waals surface area (Å²) in [5.41, 5.74) is -4.93. The van der Waals surface area contributed by atoms with Crippen molar-refractivity contribution in [2.75, 3.05) is 6.61 Å². The summed E-state index contributed by atoms with van der Waals surface area (Å²) in [4.78, 5) is 39.7. The van der Waals surface area contributed by atoms with Gasteiger partial charge in [-0.2, -0.15) is 0 Å². The average molecular weight is 575 g/mol. The number of hydrogen-bond acceptors (Lipinski definition) is 11. The minimum absolute atomic E-state index is 0.0205. The Morgan fingerprint density at radius 1 is 0.976 bits per heavy atom. The average Bonchev–Trinajstić information content (AvgIpc) is 3.26. The van der Waals surface area contributed by atoms with Gasteiger partial charge in [0.1, 0.15) is 11.7 Å². The van der Waals surface area contributed by atoms with Crippen LogP contribution in [0.4, 0.5) is 0 Å². The highest BCUT2D eigenvalue weighted by Crippen LogP contribution is 2.82. The topological polar surface area (TPSA) is 165 Å². The highest BCUT2D eigenvalue weighted by molar-refractivity contribution is 5.93. The Hall–Kier alpha value is -2.31. The molecule has 2 bridgehead atoms. The molecule has 14 atom stereocenters. The highest BCUT2D eigenvalue weighted by atomic mass is 16.6. The molecule has 6 fully saturated rings. The van der Waals surface area contributed by atoms with Gasteiger partial charge in [-0.25, -0.2) is 0 Å². The summed E-state index contributed by atoms with van der Waals surface area (Å²) in [5.74, 6) is -3.56. The lowest BCUT2D eigenvalue weighted by molar-refractivity contribution is -0.373. The zero-order valence-electron chi connectivity index (χ0n) is 23.9. The van der Waals surface area contributed by atoms with Crippen LogP contribution in [0.3, 0.4) is 0 Å². The number of esters is 2. The van der Waals surface area contributed by atoms with Gasteiger partial charge in [-0.1, -0.05) is 20.8 Å². The van der Waals surface area contributed by atoms with Gasteiger partial charge in [0.25, 0.3) is 0 Å².